The number of pyridine rings is 1. The van der Waals surface area contributed by atoms with Crippen LogP contribution in [0, 0.1) is 21.4 Å². The van der Waals surface area contributed by atoms with E-state index in [9.17, 15) is 10.1 Å². The van der Waals surface area contributed by atoms with Crippen molar-refractivity contribution >= 4 is 5.82 Å². The van der Waals surface area contributed by atoms with Gasteiger partial charge in [-0.2, -0.15) is 5.26 Å². The first-order valence-electron chi connectivity index (χ1n) is 3.88. The predicted molar refractivity (Wildman–Crippen MR) is 48.0 cm³/mol. The van der Waals surface area contributed by atoms with Crippen LogP contribution in [-0.4, -0.2) is 9.91 Å². The van der Waals surface area contributed by atoms with Crippen LogP contribution >= 0.6 is 0 Å². The van der Waals surface area contributed by atoms with E-state index in [0.29, 0.717) is 5.56 Å². The molecule has 6 nitrogen and oxygen atoms in total. The lowest BCUT2D eigenvalue weighted by molar-refractivity contribution is -0.389. The zero-order valence-electron chi connectivity index (χ0n) is 7.25. The van der Waals surface area contributed by atoms with Crippen molar-refractivity contribution < 1.29 is 4.92 Å². The number of nitrogens with zero attached hydrogens (tertiary/aromatic N) is 3. The number of nitriles is 1. The minimum absolute atomic E-state index is 0.166. The molecule has 0 spiro atoms. The summed E-state index contributed by atoms with van der Waals surface area (Å²) in [4.78, 5) is 13.3. The van der Waals surface area contributed by atoms with Gasteiger partial charge in [0.15, 0.2) is 0 Å². The van der Waals surface area contributed by atoms with Crippen molar-refractivity contribution in [3.05, 3.63) is 34.0 Å². The molecule has 0 radical (unpaired) electrons. The maximum absolute atomic E-state index is 10.3. The quantitative estimate of drug-likeness (QED) is 0.565. The van der Waals surface area contributed by atoms with Gasteiger partial charge in [-0.3, -0.25) is 0 Å². The molecule has 0 aromatic carbocycles. The molecule has 0 bridgehead atoms. The molecule has 2 N–H and O–H groups in total. The van der Waals surface area contributed by atoms with Crippen molar-refractivity contribution in [2.75, 3.05) is 0 Å². The highest BCUT2D eigenvalue weighted by Crippen LogP contribution is 2.14. The third-order valence-corrected chi connectivity index (χ3v) is 1.70. The summed E-state index contributed by atoms with van der Waals surface area (Å²) < 4.78 is 0. The number of hydrogen-bond acceptors (Lipinski definition) is 5. The van der Waals surface area contributed by atoms with E-state index < -0.39 is 11.0 Å². The summed E-state index contributed by atoms with van der Waals surface area (Å²) in [5.74, 6) is -0.224. The Labute approximate surface area is 80.1 Å². The summed E-state index contributed by atoms with van der Waals surface area (Å²) in [6.07, 6.45) is 1.49. The fraction of sp³-hybridized carbons (Fsp3) is 0.250. The molecule has 0 fully saturated rings. The highest BCUT2D eigenvalue weighted by molar-refractivity contribution is 5.25. The number of rotatable bonds is 3. The molecule has 0 aliphatic carbocycles. The summed E-state index contributed by atoms with van der Waals surface area (Å²) in [5.41, 5.74) is 6.22. The first-order chi connectivity index (χ1) is 6.65. The molecule has 1 aromatic heterocycles. The Morgan fingerprint density at radius 3 is 2.86 bits per heavy atom. The van der Waals surface area contributed by atoms with Crippen molar-refractivity contribution in [1.29, 1.82) is 5.26 Å². The number of nitro groups is 1. The summed E-state index contributed by atoms with van der Waals surface area (Å²) in [7, 11) is 0. The fourth-order valence-electron chi connectivity index (χ4n) is 0.941. The molecule has 0 aliphatic rings. The van der Waals surface area contributed by atoms with Gasteiger partial charge in [-0.15, -0.1) is 0 Å². The Morgan fingerprint density at radius 1 is 1.71 bits per heavy atom. The lowest BCUT2D eigenvalue weighted by atomic mass is 10.1. The standard InChI is InChI=1S/C8H8N4O2/c9-4-3-7(10)6-1-2-8(11-5-6)12(13)14/h1-2,5,7H,3,10H2. The normalized spacial score (nSPS) is 11.7. The highest BCUT2D eigenvalue weighted by Gasteiger charge is 2.10. The van der Waals surface area contributed by atoms with Crippen LogP contribution in [0.25, 0.3) is 0 Å². The van der Waals surface area contributed by atoms with E-state index >= 15 is 0 Å². The van der Waals surface area contributed by atoms with Gasteiger partial charge in [0.1, 0.15) is 6.20 Å². The van der Waals surface area contributed by atoms with Crippen molar-refractivity contribution in [1.82, 2.24) is 4.98 Å². The minimum Gasteiger partial charge on any atom is -0.358 e. The van der Waals surface area contributed by atoms with Crippen molar-refractivity contribution in [3.8, 4) is 6.07 Å². The van der Waals surface area contributed by atoms with Gasteiger partial charge >= 0.3 is 5.82 Å². The summed E-state index contributed by atoms with van der Waals surface area (Å²) >= 11 is 0. The van der Waals surface area contributed by atoms with Crippen LogP contribution in [0.5, 0.6) is 0 Å². The first-order valence-corrected chi connectivity index (χ1v) is 3.88. The molecule has 0 saturated heterocycles. The second kappa shape index (κ2) is 4.30. The smallest absolute Gasteiger partial charge is 0.358 e. The Bertz CT molecular complexity index is 368. The van der Waals surface area contributed by atoms with E-state index in [2.05, 4.69) is 4.98 Å². The molecule has 1 aromatic rings. The monoisotopic (exact) mass is 192 g/mol. The molecule has 0 saturated carbocycles. The van der Waals surface area contributed by atoms with Crippen LogP contribution in [0.2, 0.25) is 0 Å². The molecule has 14 heavy (non-hydrogen) atoms. The maximum atomic E-state index is 10.3. The Morgan fingerprint density at radius 2 is 2.43 bits per heavy atom. The SMILES string of the molecule is N#CCC(N)c1ccc([N+](=O)[O-])nc1. The summed E-state index contributed by atoms with van der Waals surface area (Å²) in [5, 5.41) is 18.6. The summed E-state index contributed by atoms with van der Waals surface area (Å²) in [6, 6.07) is 4.26. The molecular weight excluding hydrogens is 184 g/mol. The van der Waals surface area contributed by atoms with Crippen LogP contribution in [0.4, 0.5) is 5.82 Å². The summed E-state index contributed by atoms with van der Waals surface area (Å²) in [6.45, 7) is 0. The third-order valence-electron chi connectivity index (χ3n) is 1.70. The Hall–Kier alpha value is -2.00. The van der Waals surface area contributed by atoms with Crippen molar-refractivity contribution in [2.24, 2.45) is 5.73 Å². The van der Waals surface area contributed by atoms with Crippen LogP contribution in [-0.2, 0) is 0 Å². The van der Waals surface area contributed by atoms with Crippen LogP contribution in [0.1, 0.15) is 18.0 Å². The minimum atomic E-state index is -0.584. The van der Waals surface area contributed by atoms with Crippen LogP contribution < -0.4 is 5.73 Å². The van der Waals surface area contributed by atoms with Gasteiger partial charge in [-0.25, -0.2) is 0 Å². The molecule has 72 valence electrons. The maximum Gasteiger partial charge on any atom is 0.363 e. The molecule has 1 atom stereocenters. The van der Waals surface area contributed by atoms with E-state index in [1.165, 1.54) is 18.3 Å². The second-order valence-electron chi connectivity index (χ2n) is 2.68. The lowest BCUT2D eigenvalue weighted by Crippen LogP contribution is -2.09. The molecule has 1 rings (SSSR count). The van der Waals surface area contributed by atoms with E-state index in [0.717, 1.165) is 0 Å². The van der Waals surface area contributed by atoms with Gasteiger partial charge in [0.25, 0.3) is 0 Å². The second-order valence-corrected chi connectivity index (χ2v) is 2.68. The molecular formula is C8H8N4O2. The predicted octanol–water partition coefficient (Wildman–Crippen LogP) is 0.903. The number of hydrogen-bond donors (Lipinski definition) is 1. The van der Waals surface area contributed by atoms with Crippen molar-refractivity contribution in [3.63, 3.8) is 0 Å². The topological polar surface area (TPSA) is 106 Å². The van der Waals surface area contributed by atoms with Gasteiger partial charge in [0.2, 0.25) is 0 Å². The van der Waals surface area contributed by atoms with E-state index in [-0.39, 0.29) is 12.2 Å². The first kappa shape index (κ1) is 10.1. The van der Waals surface area contributed by atoms with Crippen LogP contribution in [0.3, 0.4) is 0 Å². The average molecular weight is 192 g/mol. The van der Waals surface area contributed by atoms with Gasteiger partial charge < -0.3 is 15.8 Å². The van der Waals surface area contributed by atoms with Gasteiger partial charge in [-0.1, -0.05) is 0 Å². The Balaban J connectivity index is 2.84. The molecule has 0 aliphatic heterocycles. The van der Waals surface area contributed by atoms with E-state index in [1.807, 2.05) is 6.07 Å². The van der Waals surface area contributed by atoms with Crippen molar-refractivity contribution in [2.45, 2.75) is 12.5 Å². The average Bonchev–Trinajstić information content (AvgIpc) is 2.18. The zero-order chi connectivity index (χ0) is 10.6. The fourth-order valence-corrected chi connectivity index (χ4v) is 0.941. The Kier molecular flexibility index (Phi) is 3.09. The number of nitrogens with two attached hydrogens (primary N) is 1. The molecule has 6 heteroatoms. The highest BCUT2D eigenvalue weighted by atomic mass is 16.6. The number of aromatic nitrogens is 1. The van der Waals surface area contributed by atoms with Gasteiger partial charge in [0.05, 0.1) is 12.5 Å². The van der Waals surface area contributed by atoms with E-state index in [4.69, 9.17) is 11.0 Å². The zero-order valence-corrected chi connectivity index (χ0v) is 7.25. The van der Waals surface area contributed by atoms with Gasteiger partial charge in [-0.05, 0) is 16.0 Å². The van der Waals surface area contributed by atoms with E-state index in [1.54, 1.807) is 0 Å². The van der Waals surface area contributed by atoms with Gasteiger partial charge in [0, 0.05) is 17.7 Å². The van der Waals surface area contributed by atoms with Crippen LogP contribution in [0.15, 0.2) is 18.3 Å². The lowest BCUT2D eigenvalue weighted by Gasteiger charge is -2.03. The third kappa shape index (κ3) is 2.24. The molecule has 1 unspecified atom stereocenters. The molecule has 0 amide bonds. The molecule has 1 heterocycles. The largest absolute Gasteiger partial charge is 0.363 e.